The first-order valence-corrected chi connectivity index (χ1v) is 6.62. The summed E-state index contributed by atoms with van der Waals surface area (Å²) in [6.07, 6.45) is 4.45. The van der Waals surface area contributed by atoms with Gasteiger partial charge in [0.1, 0.15) is 0 Å². The average molecular weight is 255 g/mol. The van der Waals surface area contributed by atoms with Crippen molar-refractivity contribution in [1.29, 1.82) is 0 Å². The molecule has 0 fully saturated rings. The van der Waals surface area contributed by atoms with E-state index < -0.39 is 0 Å². The third-order valence-electron chi connectivity index (χ3n) is 2.61. The number of ether oxygens (including phenoxy) is 2. The molecule has 0 unspecified atom stereocenters. The maximum atomic E-state index is 5.40. The van der Waals surface area contributed by atoms with Crippen molar-refractivity contribution in [3.8, 4) is 0 Å². The lowest BCUT2D eigenvalue weighted by Crippen LogP contribution is -2.14. The minimum atomic E-state index is 0.640. The minimum Gasteiger partial charge on any atom is -0.382 e. The molecule has 0 saturated carbocycles. The maximum Gasteiger partial charge on any atom is 0.203 e. The van der Waals surface area contributed by atoms with Gasteiger partial charge in [-0.2, -0.15) is 0 Å². The summed E-state index contributed by atoms with van der Waals surface area (Å²) in [4.78, 5) is 4.47. The molecular weight excluding hydrogens is 230 g/mol. The van der Waals surface area contributed by atoms with Crippen molar-refractivity contribution in [3.63, 3.8) is 0 Å². The summed E-state index contributed by atoms with van der Waals surface area (Å²) >= 11 is 0. The molecule has 18 heavy (non-hydrogen) atoms. The number of imidazole rings is 1. The number of rotatable bonds is 10. The van der Waals surface area contributed by atoms with Crippen molar-refractivity contribution in [1.82, 2.24) is 9.55 Å². The van der Waals surface area contributed by atoms with Gasteiger partial charge < -0.3 is 19.4 Å². The van der Waals surface area contributed by atoms with E-state index in [0.717, 1.165) is 24.7 Å². The Labute approximate surface area is 109 Å². The number of nitrogens with zero attached hydrogens (tertiary/aromatic N) is 2. The molecule has 0 saturated heterocycles. The summed E-state index contributed by atoms with van der Waals surface area (Å²) < 4.78 is 12.5. The molecule has 0 aliphatic rings. The third-order valence-corrected chi connectivity index (χ3v) is 2.61. The Balaban J connectivity index is 2.27. The second kappa shape index (κ2) is 8.94. The SMILES string of the molecule is CCCCn1cc(C)nc1NCCOCCOC. The first-order chi connectivity index (χ1) is 8.77. The fourth-order valence-corrected chi connectivity index (χ4v) is 1.67. The second-order valence-corrected chi connectivity index (χ2v) is 4.28. The van der Waals surface area contributed by atoms with Crippen molar-refractivity contribution in [2.24, 2.45) is 0 Å². The van der Waals surface area contributed by atoms with Gasteiger partial charge >= 0.3 is 0 Å². The predicted molar refractivity (Wildman–Crippen MR) is 73.1 cm³/mol. The minimum absolute atomic E-state index is 0.640. The van der Waals surface area contributed by atoms with Gasteiger partial charge in [-0.05, 0) is 13.3 Å². The van der Waals surface area contributed by atoms with Gasteiger partial charge in [0.15, 0.2) is 0 Å². The van der Waals surface area contributed by atoms with Crippen LogP contribution in [-0.4, -0.2) is 43.0 Å². The summed E-state index contributed by atoms with van der Waals surface area (Å²) in [7, 11) is 1.68. The number of aryl methyl sites for hydroxylation is 2. The standard InChI is InChI=1S/C13H25N3O2/c1-4-5-7-16-11-12(2)15-13(16)14-6-8-18-10-9-17-3/h11H,4-10H2,1-3H3,(H,14,15). The molecule has 0 radical (unpaired) electrons. The third kappa shape index (κ3) is 5.51. The first kappa shape index (κ1) is 15.0. The van der Waals surface area contributed by atoms with Crippen molar-refractivity contribution in [3.05, 3.63) is 11.9 Å². The molecule has 0 spiro atoms. The van der Waals surface area contributed by atoms with Crippen molar-refractivity contribution in [2.75, 3.05) is 38.8 Å². The van der Waals surface area contributed by atoms with Gasteiger partial charge in [-0.25, -0.2) is 4.98 Å². The van der Waals surface area contributed by atoms with E-state index in [1.54, 1.807) is 7.11 Å². The summed E-state index contributed by atoms with van der Waals surface area (Å²) in [6, 6.07) is 0. The van der Waals surface area contributed by atoms with E-state index in [0.29, 0.717) is 19.8 Å². The van der Waals surface area contributed by atoms with E-state index in [2.05, 4.69) is 28.0 Å². The van der Waals surface area contributed by atoms with Crippen LogP contribution < -0.4 is 5.32 Å². The molecule has 1 heterocycles. The zero-order valence-corrected chi connectivity index (χ0v) is 11.7. The van der Waals surface area contributed by atoms with E-state index in [9.17, 15) is 0 Å². The quantitative estimate of drug-likeness (QED) is 0.650. The van der Waals surface area contributed by atoms with Crippen LogP contribution in [0.4, 0.5) is 5.95 Å². The molecule has 1 aromatic heterocycles. The van der Waals surface area contributed by atoms with Crippen LogP contribution in [0.1, 0.15) is 25.5 Å². The molecule has 0 atom stereocenters. The van der Waals surface area contributed by atoms with Crippen LogP contribution >= 0.6 is 0 Å². The van der Waals surface area contributed by atoms with Crippen molar-refractivity contribution >= 4 is 5.95 Å². The van der Waals surface area contributed by atoms with Gasteiger partial charge in [0.2, 0.25) is 5.95 Å². The number of unbranched alkanes of at least 4 members (excludes halogenated alkanes) is 1. The monoisotopic (exact) mass is 255 g/mol. The van der Waals surface area contributed by atoms with E-state index in [1.807, 2.05) is 6.92 Å². The largest absolute Gasteiger partial charge is 0.382 e. The molecule has 0 aliphatic heterocycles. The number of methoxy groups -OCH3 is 1. The maximum absolute atomic E-state index is 5.40. The lowest BCUT2D eigenvalue weighted by molar-refractivity contribution is 0.0758. The zero-order chi connectivity index (χ0) is 13.2. The first-order valence-electron chi connectivity index (χ1n) is 6.62. The Kier molecular flexibility index (Phi) is 7.44. The Morgan fingerprint density at radius 1 is 1.33 bits per heavy atom. The molecule has 1 N–H and O–H groups in total. The summed E-state index contributed by atoms with van der Waals surface area (Å²) in [5.41, 5.74) is 1.05. The van der Waals surface area contributed by atoms with Crippen LogP contribution in [0.2, 0.25) is 0 Å². The Bertz CT molecular complexity index is 326. The van der Waals surface area contributed by atoms with Crippen LogP contribution in [-0.2, 0) is 16.0 Å². The molecule has 1 aromatic rings. The number of aromatic nitrogens is 2. The lowest BCUT2D eigenvalue weighted by atomic mass is 10.3. The Morgan fingerprint density at radius 2 is 2.17 bits per heavy atom. The van der Waals surface area contributed by atoms with E-state index in [-0.39, 0.29) is 0 Å². The summed E-state index contributed by atoms with van der Waals surface area (Å²) in [6.45, 7) is 7.95. The smallest absolute Gasteiger partial charge is 0.203 e. The van der Waals surface area contributed by atoms with Gasteiger partial charge in [-0.15, -0.1) is 0 Å². The van der Waals surface area contributed by atoms with Crippen LogP contribution in [0, 0.1) is 6.92 Å². The Hall–Kier alpha value is -1.07. The van der Waals surface area contributed by atoms with Gasteiger partial charge in [0, 0.05) is 26.4 Å². The summed E-state index contributed by atoms with van der Waals surface area (Å²) in [5, 5.41) is 3.31. The fourth-order valence-electron chi connectivity index (χ4n) is 1.67. The van der Waals surface area contributed by atoms with Crippen molar-refractivity contribution < 1.29 is 9.47 Å². The van der Waals surface area contributed by atoms with Gasteiger partial charge in [0.05, 0.1) is 25.5 Å². The molecular formula is C13H25N3O2. The highest BCUT2D eigenvalue weighted by molar-refractivity contribution is 5.28. The average Bonchev–Trinajstić information content (AvgIpc) is 2.71. The molecule has 0 amide bonds. The summed E-state index contributed by atoms with van der Waals surface area (Å²) in [5.74, 6) is 0.941. The second-order valence-electron chi connectivity index (χ2n) is 4.28. The van der Waals surface area contributed by atoms with Crippen molar-refractivity contribution in [2.45, 2.75) is 33.2 Å². The van der Waals surface area contributed by atoms with Crippen LogP contribution in [0.3, 0.4) is 0 Å². The number of hydrogen-bond donors (Lipinski definition) is 1. The van der Waals surface area contributed by atoms with Gasteiger partial charge in [0.25, 0.3) is 0 Å². The van der Waals surface area contributed by atoms with E-state index in [4.69, 9.17) is 9.47 Å². The number of nitrogens with one attached hydrogen (secondary N) is 1. The fraction of sp³-hybridized carbons (Fsp3) is 0.769. The molecule has 0 aromatic carbocycles. The van der Waals surface area contributed by atoms with Gasteiger partial charge in [-0.3, -0.25) is 0 Å². The Morgan fingerprint density at radius 3 is 2.89 bits per heavy atom. The topological polar surface area (TPSA) is 48.3 Å². The zero-order valence-electron chi connectivity index (χ0n) is 11.7. The highest BCUT2D eigenvalue weighted by Gasteiger charge is 2.04. The molecule has 0 aliphatic carbocycles. The van der Waals surface area contributed by atoms with Crippen LogP contribution in [0.5, 0.6) is 0 Å². The van der Waals surface area contributed by atoms with Gasteiger partial charge in [-0.1, -0.05) is 13.3 Å². The highest BCUT2D eigenvalue weighted by Crippen LogP contribution is 2.09. The molecule has 104 valence electrons. The molecule has 0 bridgehead atoms. The van der Waals surface area contributed by atoms with E-state index in [1.165, 1.54) is 12.8 Å². The van der Waals surface area contributed by atoms with Crippen LogP contribution in [0.25, 0.3) is 0 Å². The normalized spacial score (nSPS) is 10.8. The highest BCUT2D eigenvalue weighted by atomic mass is 16.5. The number of anilines is 1. The molecule has 1 rings (SSSR count). The molecule has 5 heteroatoms. The lowest BCUT2D eigenvalue weighted by Gasteiger charge is -2.09. The molecule has 5 nitrogen and oxygen atoms in total. The van der Waals surface area contributed by atoms with Crippen LogP contribution in [0.15, 0.2) is 6.20 Å². The predicted octanol–water partition coefficient (Wildman–Crippen LogP) is 2.07. The van der Waals surface area contributed by atoms with E-state index >= 15 is 0 Å². The number of hydrogen-bond acceptors (Lipinski definition) is 4.